The van der Waals surface area contributed by atoms with E-state index in [4.69, 9.17) is 4.74 Å². The second-order valence-electron chi connectivity index (χ2n) is 7.28. The van der Waals surface area contributed by atoms with E-state index in [1.165, 1.54) is 12.8 Å². The van der Waals surface area contributed by atoms with Gasteiger partial charge < -0.3 is 4.74 Å². The van der Waals surface area contributed by atoms with Crippen LogP contribution >= 0.6 is 0 Å². The third-order valence-electron chi connectivity index (χ3n) is 5.12. The van der Waals surface area contributed by atoms with Gasteiger partial charge in [-0.3, -0.25) is 4.79 Å². The summed E-state index contributed by atoms with van der Waals surface area (Å²) in [5.41, 5.74) is 3.08. The van der Waals surface area contributed by atoms with Gasteiger partial charge in [0.15, 0.2) is 6.20 Å². The number of nitrogens with zero attached hydrogens (tertiary/aromatic N) is 1. The highest BCUT2D eigenvalue weighted by atomic mass is 32.2. The lowest BCUT2D eigenvalue weighted by molar-refractivity contribution is -0.671. The lowest BCUT2D eigenvalue weighted by Crippen LogP contribution is -2.33. The predicted octanol–water partition coefficient (Wildman–Crippen LogP) is 3.04. The van der Waals surface area contributed by atoms with Gasteiger partial charge in [-0.05, 0) is 42.5 Å². The molecular weight excluding hydrogens is 374 g/mol. The summed E-state index contributed by atoms with van der Waals surface area (Å²) in [5, 5.41) is 1.79. The fourth-order valence-electron chi connectivity index (χ4n) is 3.48. The zero-order chi connectivity index (χ0) is 19.7. The molecule has 0 atom stereocenters. The van der Waals surface area contributed by atoms with Gasteiger partial charge in [0.05, 0.1) is 23.3 Å². The van der Waals surface area contributed by atoms with E-state index in [9.17, 15) is 13.2 Å². The first-order chi connectivity index (χ1) is 13.6. The van der Waals surface area contributed by atoms with Gasteiger partial charge in [0, 0.05) is 10.9 Å². The molecule has 5 nitrogen and oxygen atoms in total. The van der Waals surface area contributed by atoms with Crippen LogP contribution in [0, 0.1) is 5.92 Å². The minimum absolute atomic E-state index is 0.0122. The topological polar surface area (TPSA) is 64.3 Å². The fourth-order valence-corrected chi connectivity index (χ4v) is 3.97. The Bertz CT molecular complexity index is 1120. The van der Waals surface area contributed by atoms with Crippen molar-refractivity contribution in [3.8, 4) is 16.9 Å². The molecule has 0 aliphatic heterocycles. The van der Waals surface area contributed by atoms with E-state index in [-0.39, 0.29) is 5.75 Å². The van der Waals surface area contributed by atoms with Crippen LogP contribution in [-0.4, -0.2) is 21.3 Å². The van der Waals surface area contributed by atoms with Crippen molar-refractivity contribution in [1.29, 1.82) is 0 Å². The Morgan fingerprint density at radius 3 is 2.54 bits per heavy atom. The quantitative estimate of drug-likeness (QED) is 0.379. The molecule has 6 heteroatoms. The molecule has 0 unspecified atom stereocenters. The first-order valence-corrected chi connectivity index (χ1v) is 10.7. The van der Waals surface area contributed by atoms with Crippen molar-refractivity contribution >= 4 is 27.8 Å². The Labute approximate surface area is 165 Å². The number of rotatable bonds is 7. The van der Waals surface area contributed by atoms with Crippen molar-refractivity contribution in [1.82, 2.24) is 0 Å². The summed E-state index contributed by atoms with van der Waals surface area (Å²) in [5.74, 6) is 1.33. The highest BCUT2D eigenvalue weighted by Gasteiger charge is 2.24. The Balaban J connectivity index is 1.91. The summed E-state index contributed by atoms with van der Waals surface area (Å²) < 4.78 is 30.4. The van der Waals surface area contributed by atoms with Gasteiger partial charge in [-0.2, -0.15) is 4.57 Å². The number of thiol groups is 1. The molecule has 28 heavy (non-hydrogen) atoms. The summed E-state index contributed by atoms with van der Waals surface area (Å²) in [6.07, 6.45) is 5.15. The van der Waals surface area contributed by atoms with Gasteiger partial charge in [-0.25, -0.2) is 8.42 Å². The number of hydrogen-bond donors (Lipinski definition) is 1. The number of ether oxygens (including phenoxy) is 1. The van der Waals surface area contributed by atoms with Crippen molar-refractivity contribution < 1.29 is 22.5 Å². The van der Waals surface area contributed by atoms with Crippen molar-refractivity contribution in [2.75, 3.05) is 6.61 Å². The summed E-state index contributed by atoms with van der Waals surface area (Å²) >= 11 is 0. The summed E-state index contributed by atoms with van der Waals surface area (Å²) in [6, 6.07) is 13.3. The normalized spacial score (nSPS) is 13.8. The molecule has 3 aromatic rings. The molecular formula is C22H22NO4S+. The van der Waals surface area contributed by atoms with Gasteiger partial charge >= 0.3 is 0 Å². The smallest absolute Gasteiger partial charge is 0.253 e. The van der Waals surface area contributed by atoms with E-state index in [2.05, 4.69) is 0 Å². The molecule has 1 fully saturated rings. The van der Waals surface area contributed by atoms with Crippen molar-refractivity contribution in [3.63, 3.8) is 0 Å². The summed E-state index contributed by atoms with van der Waals surface area (Å²) in [6.45, 7) is 0.665. The van der Waals surface area contributed by atoms with Crippen LogP contribution in [0.5, 0.6) is 5.75 Å². The number of carbonyl (C=O) groups is 1. The molecule has 1 aliphatic rings. The average molecular weight is 396 g/mol. The molecule has 144 valence electrons. The molecule has 2 aromatic carbocycles. The van der Waals surface area contributed by atoms with Crippen LogP contribution in [0.25, 0.3) is 21.9 Å². The molecule has 1 aliphatic carbocycles. The number of benzene rings is 2. The largest absolute Gasteiger partial charge is 0.493 e. The van der Waals surface area contributed by atoms with Crippen molar-refractivity contribution in [3.05, 3.63) is 59.9 Å². The van der Waals surface area contributed by atoms with Crippen molar-refractivity contribution in [2.45, 2.75) is 18.6 Å². The Kier molecular flexibility index (Phi) is 5.13. The molecule has 0 bridgehead atoms. The Morgan fingerprint density at radius 2 is 1.86 bits per heavy atom. The number of pyridine rings is 1. The van der Waals surface area contributed by atoms with Crippen LogP contribution in [0.2, 0.25) is 0 Å². The van der Waals surface area contributed by atoms with E-state index in [0.717, 1.165) is 39.5 Å². The van der Waals surface area contributed by atoms with E-state index in [0.29, 0.717) is 18.2 Å². The van der Waals surface area contributed by atoms with Gasteiger partial charge in [0.25, 0.3) is 5.69 Å². The van der Waals surface area contributed by atoms with Gasteiger partial charge in [-0.15, -0.1) is 0 Å². The van der Waals surface area contributed by atoms with Crippen LogP contribution in [0.4, 0.5) is 0 Å². The molecule has 1 heterocycles. The standard InChI is InChI=1S/C22H22NO4S/c1-23-11-20(17-4-2-3-5-18(17)21(23)12-24)19-10-16(14-28(25)26)8-9-22(19)27-13-15-6-7-15/h2-5,8-12,15,28H,6-7,13-14H2,1H3/q+1. The maximum Gasteiger partial charge on any atom is 0.253 e. The summed E-state index contributed by atoms with van der Waals surface area (Å²) in [4.78, 5) is 11.6. The minimum atomic E-state index is -2.52. The molecule has 0 spiro atoms. The second-order valence-corrected chi connectivity index (χ2v) is 8.26. The average Bonchev–Trinajstić information content (AvgIpc) is 3.50. The van der Waals surface area contributed by atoms with E-state index < -0.39 is 10.7 Å². The number of hydrogen-bond acceptors (Lipinski definition) is 4. The zero-order valence-electron chi connectivity index (χ0n) is 15.6. The Morgan fingerprint density at radius 1 is 1.11 bits per heavy atom. The fraction of sp³-hybridized carbons (Fsp3) is 0.273. The number of aryl methyl sites for hydroxylation is 1. The molecule has 0 N–H and O–H groups in total. The van der Waals surface area contributed by atoms with Crippen LogP contribution in [0.15, 0.2) is 48.7 Å². The molecule has 0 saturated heterocycles. The Hall–Kier alpha value is -2.73. The van der Waals surface area contributed by atoms with E-state index >= 15 is 0 Å². The van der Waals surface area contributed by atoms with E-state index in [1.54, 1.807) is 10.6 Å². The van der Waals surface area contributed by atoms with Gasteiger partial charge in [0.1, 0.15) is 23.5 Å². The van der Waals surface area contributed by atoms with Crippen LogP contribution in [0.1, 0.15) is 28.9 Å². The van der Waals surface area contributed by atoms with E-state index in [1.807, 2.05) is 49.6 Å². The molecule has 0 radical (unpaired) electrons. The van der Waals surface area contributed by atoms with Gasteiger partial charge in [-0.1, -0.05) is 24.3 Å². The molecule has 4 rings (SSSR count). The van der Waals surface area contributed by atoms with Crippen molar-refractivity contribution in [2.24, 2.45) is 13.0 Å². The van der Waals surface area contributed by atoms with Crippen LogP contribution in [-0.2, 0) is 23.5 Å². The van der Waals surface area contributed by atoms with Gasteiger partial charge in [0.2, 0.25) is 6.29 Å². The monoisotopic (exact) mass is 396 g/mol. The number of aldehydes is 1. The lowest BCUT2D eigenvalue weighted by atomic mass is 9.97. The minimum Gasteiger partial charge on any atom is -0.493 e. The highest BCUT2D eigenvalue weighted by molar-refractivity contribution is 7.71. The second kappa shape index (κ2) is 7.72. The molecule has 1 aromatic heterocycles. The first kappa shape index (κ1) is 18.6. The molecule has 0 amide bonds. The SMILES string of the molecule is C[n+]1cc(-c2cc(C[SH](=O)=O)ccc2OCC2CC2)c2ccccc2c1C=O. The maximum absolute atomic E-state index is 11.6. The lowest BCUT2D eigenvalue weighted by Gasteiger charge is -2.14. The maximum atomic E-state index is 11.6. The summed E-state index contributed by atoms with van der Waals surface area (Å²) in [7, 11) is -0.681. The number of carbonyl (C=O) groups excluding carboxylic acids is 1. The number of fused-ring (bicyclic) bond motifs is 1. The zero-order valence-corrected chi connectivity index (χ0v) is 16.5. The predicted molar refractivity (Wildman–Crippen MR) is 108 cm³/mol. The number of aromatic nitrogens is 1. The third kappa shape index (κ3) is 3.78. The molecule has 1 saturated carbocycles. The van der Waals surface area contributed by atoms with Crippen LogP contribution in [0.3, 0.4) is 0 Å². The van der Waals surface area contributed by atoms with Crippen LogP contribution < -0.4 is 9.30 Å². The first-order valence-electron chi connectivity index (χ1n) is 9.31. The third-order valence-corrected chi connectivity index (χ3v) is 5.75. The highest BCUT2D eigenvalue weighted by Crippen LogP contribution is 2.37.